The normalized spacial score (nSPS) is 25.2. The zero-order valence-corrected chi connectivity index (χ0v) is 9.71. The largest absolute Gasteiger partial charge is 0.356 e. The number of carbonyl (C=O) groups is 1. The van der Waals surface area contributed by atoms with E-state index in [0.29, 0.717) is 25.9 Å². The summed E-state index contributed by atoms with van der Waals surface area (Å²) in [4.78, 5) is 11.4. The second-order valence-corrected chi connectivity index (χ2v) is 4.59. The summed E-state index contributed by atoms with van der Waals surface area (Å²) in [6, 6.07) is 6.55. The Hall–Kier alpha value is -1.42. The fourth-order valence-corrected chi connectivity index (χ4v) is 2.44. The first kappa shape index (κ1) is 12.0. The maximum absolute atomic E-state index is 13.3. The van der Waals surface area contributed by atoms with Gasteiger partial charge in [0, 0.05) is 24.9 Å². The number of nitrogens with one attached hydrogen (secondary N) is 1. The molecule has 0 spiro atoms. The number of nitrogens with two attached hydrogens (primary N) is 1. The van der Waals surface area contributed by atoms with Crippen LogP contribution in [0.1, 0.15) is 24.8 Å². The molecule has 1 unspecified atom stereocenters. The summed E-state index contributed by atoms with van der Waals surface area (Å²) in [5.41, 5.74) is 6.50. The highest BCUT2D eigenvalue weighted by atomic mass is 19.1. The van der Waals surface area contributed by atoms with Crippen molar-refractivity contribution in [2.24, 2.45) is 5.73 Å². The van der Waals surface area contributed by atoms with E-state index in [2.05, 4.69) is 5.32 Å². The molecule has 4 heteroatoms. The first-order chi connectivity index (χ1) is 8.16. The van der Waals surface area contributed by atoms with Crippen LogP contribution < -0.4 is 11.1 Å². The highest BCUT2D eigenvalue weighted by Gasteiger charge is 2.33. The Morgan fingerprint density at radius 2 is 2.24 bits per heavy atom. The van der Waals surface area contributed by atoms with E-state index in [4.69, 9.17) is 5.73 Å². The van der Waals surface area contributed by atoms with Gasteiger partial charge in [-0.3, -0.25) is 4.79 Å². The molecule has 1 amide bonds. The van der Waals surface area contributed by atoms with Gasteiger partial charge in [-0.15, -0.1) is 0 Å². The predicted molar refractivity (Wildman–Crippen MR) is 64.0 cm³/mol. The lowest BCUT2D eigenvalue weighted by Gasteiger charge is -2.31. The number of hydrogen-bond donors (Lipinski definition) is 2. The molecule has 3 N–H and O–H groups in total. The van der Waals surface area contributed by atoms with Crippen LogP contribution in [0.25, 0.3) is 0 Å². The minimum Gasteiger partial charge on any atom is -0.356 e. The minimum atomic E-state index is -0.277. The lowest BCUT2D eigenvalue weighted by Crippen LogP contribution is -2.36. The Labute approximate surface area is 100 Å². The molecule has 0 saturated carbocycles. The molecule has 1 aliphatic rings. The van der Waals surface area contributed by atoms with E-state index in [9.17, 15) is 9.18 Å². The van der Waals surface area contributed by atoms with Crippen LogP contribution in [0.5, 0.6) is 0 Å². The van der Waals surface area contributed by atoms with Crippen molar-refractivity contribution >= 4 is 5.91 Å². The van der Waals surface area contributed by atoms with Crippen molar-refractivity contribution in [2.45, 2.75) is 24.7 Å². The van der Waals surface area contributed by atoms with E-state index in [0.717, 1.165) is 12.0 Å². The van der Waals surface area contributed by atoms with Crippen molar-refractivity contribution in [3.05, 3.63) is 35.6 Å². The van der Waals surface area contributed by atoms with Gasteiger partial charge >= 0.3 is 0 Å². The SMILES string of the molecule is NCC1(c2cccc(F)c2)CCNC(=O)CC1. The van der Waals surface area contributed by atoms with Gasteiger partial charge in [0.25, 0.3) is 0 Å². The van der Waals surface area contributed by atoms with Crippen molar-refractivity contribution in [1.29, 1.82) is 0 Å². The van der Waals surface area contributed by atoms with Gasteiger partial charge in [0.05, 0.1) is 0 Å². The fourth-order valence-electron chi connectivity index (χ4n) is 2.44. The molecule has 1 aromatic carbocycles. The molecule has 1 aromatic rings. The third-order valence-corrected chi connectivity index (χ3v) is 3.58. The van der Waals surface area contributed by atoms with E-state index in [1.807, 2.05) is 6.07 Å². The molecule has 1 fully saturated rings. The van der Waals surface area contributed by atoms with Crippen molar-refractivity contribution < 1.29 is 9.18 Å². The lowest BCUT2D eigenvalue weighted by atomic mass is 9.74. The first-order valence-corrected chi connectivity index (χ1v) is 5.89. The highest BCUT2D eigenvalue weighted by Crippen LogP contribution is 2.33. The predicted octanol–water partition coefficient (Wildman–Crippen LogP) is 1.32. The maximum atomic E-state index is 13.3. The second kappa shape index (κ2) is 4.84. The van der Waals surface area contributed by atoms with E-state index in [-0.39, 0.29) is 17.1 Å². The summed E-state index contributed by atoms with van der Waals surface area (Å²) >= 11 is 0. The molecule has 1 heterocycles. The van der Waals surface area contributed by atoms with Crippen LogP contribution in [-0.2, 0) is 10.2 Å². The zero-order chi connectivity index (χ0) is 12.3. The van der Waals surface area contributed by atoms with Crippen molar-refractivity contribution in [2.75, 3.05) is 13.1 Å². The van der Waals surface area contributed by atoms with Gasteiger partial charge in [0.15, 0.2) is 0 Å². The molecule has 1 saturated heterocycles. The summed E-state index contributed by atoms with van der Waals surface area (Å²) in [6.07, 6.45) is 1.89. The Morgan fingerprint density at radius 1 is 1.41 bits per heavy atom. The van der Waals surface area contributed by atoms with Gasteiger partial charge < -0.3 is 11.1 Å². The Balaban J connectivity index is 2.32. The smallest absolute Gasteiger partial charge is 0.220 e. The van der Waals surface area contributed by atoms with Gasteiger partial charge in [0.2, 0.25) is 5.91 Å². The molecular formula is C13H17FN2O. The van der Waals surface area contributed by atoms with Crippen LogP contribution in [0.4, 0.5) is 4.39 Å². The van der Waals surface area contributed by atoms with Crippen LogP contribution in [0.3, 0.4) is 0 Å². The van der Waals surface area contributed by atoms with Crippen LogP contribution in [-0.4, -0.2) is 19.0 Å². The zero-order valence-electron chi connectivity index (χ0n) is 9.71. The molecule has 3 nitrogen and oxygen atoms in total. The van der Waals surface area contributed by atoms with Crippen molar-refractivity contribution in [3.63, 3.8) is 0 Å². The average molecular weight is 236 g/mol. The van der Waals surface area contributed by atoms with Crippen molar-refractivity contribution in [1.82, 2.24) is 5.32 Å². The van der Waals surface area contributed by atoms with Crippen LogP contribution >= 0.6 is 0 Å². The summed E-state index contributed by atoms with van der Waals surface area (Å²) < 4.78 is 13.3. The molecule has 0 aliphatic carbocycles. The number of benzene rings is 1. The Bertz CT molecular complexity index is 422. The Morgan fingerprint density at radius 3 is 2.94 bits per heavy atom. The van der Waals surface area contributed by atoms with Gasteiger partial charge in [-0.25, -0.2) is 4.39 Å². The van der Waals surface area contributed by atoms with Crippen LogP contribution in [0, 0.1) is 5.82 Å². The van der Waals surface area contributed by atoms with E-state index in [1.165, 1.54) is 12.1 Å². The molecule has 1 atom stereocenters. The quantitative estimate of drug-likeness (QED) is 0.813. The number of carbonyl (C=O) groups excluding carboxylic acids is 1. The molecule has 0 radical (unpaired) electrons. The van der Waals surface area contributed by atoms with Crippen molar-refractivity contribution in [3.8, 4) is 0 Å². The van der Waals surface area contributed by atoms with Gasteiger partial charge in [0.1, 0.15) is 5.82 Å². The van der Waals surface area contributed by atoms with E-state index < -0.39 is 0 Å². The Kier molecular flexibility index (Phi) is 3.43. The number of rotatable bonds is 2. The van der Waals surface area contributed by atoms with Crippen LogP contribution in [0.15, 0.2) is 24.3 Å². The first-order valence-electron chi connectivity index (χ1n) is 5.89. The molecule has 92 valence electrons. The lowest BCUT2D eigenvalue weighted by molar-refractivity contribution is -0.120. The van der Waals surface area contributed by atoms with E-state index >= 15 is 0 Å². The standard InChI is InChI=1S/C13H17FN2O/c14-11-3-1-2-10(8-11)13(9-15)5-4-12(17)16-7-6-13/h1-3,8H,4-7,9,15H2,(H,16,17). The van der Waals surface area contributed by atoms with Gasteiger partial charge in [-0.05, 0) is 30.5 Å². The summed E-state index contributed by atoms with van der Waals surface area (Å²) in [6.45, 7) is 1.04. The highest BCUT2D eigenvalue weighted by molar-refractivity contribution is 5.76. The second-order valence-electron chi connectivity index (χ2n) is 4.59. The molecule has 0 aromatic heterocycles. The summed E-state index contributed by atoms with van der Waals surface area (Å²) in [5.74, 6) is -0.199. The molecule has 17 heavy (non-hydrogen) atoms. The number of hydrogen-bond acceptors (Lipinski definition) is 2. The molecular weight excluding hydrogens is 219 g/mol. The molecule has 0 bridgehead atoms. The maximum Gasteiger partial charge on any atom is 0.220 e. The summed E-state index contributed by atoms with van der Waals surface area (Å²) in [7, 11) is 0. The van der Waals surface area contributed by atoms with E-state index in [1.54, 1.807) is 6.07 Å². The number of amides is 1. The number of halogens is 1. The summed E-state index contributed by atoms with van der Waals surface area (Å²) in [5, 5.41) is 2.83. The molecule has 1 aliphatic heterocycles. The fraction of sp³-hybridized carbons (Fsp3) is 0.462. The third kappa shape index (κ3) is 2.47. The topological polar surface area (TPSA) is 55.1 Å². The van der Waals surface area contributed by atoms with Gasteiger partial charge in [-0.2, -0.15) is 0 Å². The van der Waals surface area contributed by atoms with Gasteiger partial charge in [-0.1, -0.05) is 12.1 Å². The third-order valence-electron chi connectivity index (χ3n) is 3.58. The molecule has 2 rings (SSSR count). The van der Waals surface area contributed by atoms with Crippen LogP contribution in [0.2, 0.25) is 0 Å². The minimum absolute atomic E-state index is 0.0525. The monoisotopic (exact) mass is 236 g/mol. The average Bonchev–Trinajstić information content (AvgIpc) is 2.52.